The fourth-order valence-corrected chi connectivity index (χ4v) is 3.90. The van der Waals surface area contributed by atoms with Crippen molar-refractivity contribution in [1.82, 2.24) is 0 Å². The Kier molecular flexibility index (Phi) is 9.53. The van der Waals surface area contributed by atoms with Gasteiger partial charge in [0.25, 0.3) is 0 Å². The molecule has 4 nitrogen and oxygen atoms in total. The van der Waals surface area contributed by atoms with E-state index in [-0.39, 0.29) is 0 Å². The Labute approximate surface area is 244 Å². The van der Waals surface area contributed by atoms with Crippen molar-refractivity contribution in [2.24, 2.45) is 0 Å². The van der Waals surface area contributed by atoms with E-state index >= 15 is 0 Å². The minimum atomic E-state index is 0.507. The van der Waals surface area contributed by atoms with Crippen LogP contribution in [0.5, 0.6) is 46.0 Å². The first-order valence-corrected chi connectivity index (χ1v) is 13.4. The van der Waals surface area contributed by atoms with Gasteiger partial charge < -0.3 is 18.9 Å². The zero-order chi connectivity index (χ0) is 28.1. The van der Waals surface area contributed by atoms with Crippen molar-refractivity contribution in [3.8, 4) is 46.0 Å². The van der Waals surface area contributed by atoms with Gasteiger partial charge in [0.15, 0.2) is 0 Å². The third-order valence-corrected chi connectivity index (χ3v) is 5.93. The van der Waals surface area contributed by atoms with Crippen LogP contribution in [-0.2, 0) is 0 Å². The van der Waals surface area contributed by atoms with Crippen molar-refractivity contribution in [3.05, 3.63) is 169 Å². The molecule has 41 heavy (non-hydrogen) atoms. The fraction of sp³-hybridized carbons (Fsp3) is 0. The number of ether oxygens (including phenoxy) is 4. The van der Waals surface area contributed by atoms with Crippen LogP contribution in [0.4, 0.5) is 0 Å². The first kappa shape index (κ1) is 27.4. The number of benzene rings is 6. The van der Waals surface area contributed by atoms with Crippen molar-refractivity contribution < 1.29 is 18.9 Å². The molecular weight excluding hydrogens is 532 g/mol. The Balaban J connectivity index is 0.000000165. The Morgan fingerprint density at radius 3 is 0.951 bits per heavy atom. The van der Waals surface area contributed by atoms with Crippen LogP contribution in [0.15, 0.2) is 164 Å². The molecule has 0 saturated heterocycles. The van der Waals surface area contributed by atoms with E-state index in [1.54, 1.807) is 12.1 Å². The highest BCUT2D eigenvalue weighted by molar-refractivity contribution is 6.32. The second-order valence-corrected chi connectivity index (χ2v) is 9.13. The zero-order valence-electron chi connectivity index (χ0n) is 22.1. The van der Waals surface area contributed by atoms with E-state index in [9.17, 15) is 0 Å². The van der Waals surface area contributed by atoms with Crippen LogP contribution in [0.3, 0.4) is 0 Å². The number of hydrogen-bond acceptors (Lipinski definition) is 4. The highest BCUT2D eigenvalue weighted by atomic mass is 35.5. The Morgan fingerprint density at radius 2 is 0.585 bits per heavy atom. The minimum Gasteiger partial charge on any atom is -0.457 e. The maximum Gasteiger partial charge on any atom is 0.146 e. The maximum atomic E-state index is 6.24. The molecule has 0 aromatic heterocycles. The summed E-state index contributed by atoms with van der Waals surface area (Å²) in [4.78, 5) is 0. The second kappa shape index (κ2) is 14.3. The van der Waals surface area contributed by atoms with Gasteiger partial charge >= 0.3 is 0 Å². The molecule has 202 valence electrons. The minimum absolute atomic E-state index is 0.507. The number of rotatable bonds is 8. The molecule has 0 N–H and O–H groups in total. The molecule has 0 bridgehead atoms. The molecule has 0 amide bonds. The summed E-state index contributed by atoms with van der Waals surface area (Å²) in [6.07, 6.45) is 0. The van der Waals surface area contributed by atoms with Gasteiger partial charge in [-0.05, 0) is 84.9 Å². The first-order valence-electron chi connectivity index (χ1n) is 13.0. The van der Waals surface area contributed by atoms with E-state index in [1.165, 1.54) is 0 Å². The molecular formula is C36H27ClO4. The van der Waals surface area contributed by atoms with Crippen LogP contribution in [0.25, 0.3) is 0 Å². The molecule has 6 aromatic rings. The van der Waals surface area contributed by atoms with E-state index in [0.29, 0.717) is 16.5 Å². The van der Waals surface area contributed by atoms with Crippen molar-refractivity contribution in [3.63, 3.8) is 0 Å². The van der Waals surface area contributed by atoms with Gasteiger partial charge in [-0.1, -0.05) is 84.4 Å². The summed E-state index contributed by atoms with van der Waals surface area (Å²) >= 11 is 6.24. The van der Waals surface area contributed by atoms with Crippen molar-refractivity contribution >= 4 is 11.6 Å². The Bertz CT molecular complexity index is 1550. The predicted octanol–water partition coefficient (Wildman–Crippen LogP) is 11.2. The lowest BCUT2D eigenvalue weighted by molar-refractivity contribution is 0.469. The van der Waals surface area contributed by atoms with Crippen LogP contribution in [0.2, 0.25) is 5.02 Å². The van der Waals surface area contributed by atoms with Gasteiger partial charge in [0, 0.05) is 6.07 Å². The average molecular weight is 559 g/mol. The molecule has 6 rings (SSSR count). The van der Waals surface area contributed by atoms with E-state index < -0.39 is 0 Å². The summed E-state index contributed by atoms with van der Waals surface area (Å²) in [6, 6.07) is 51.4. The smallest absolute Gasteiger partial charge is 0.146 e. The van der Waals surface area contributed by atoms with E-state index in [4.69, 9.17) is 30.5 Å². The second-order valence-electron chi connectivity index (χ2n) is 8.72. The zero-order valence-corrected chi connectivity index (χ0v) is 22.9. The monoisotopic (exact) mass is 558 g/mol. The van der Waals surface area contributed by atoms with Gasteiger partial charge in [-0.2, -0.15) is 0 Å². The standard InChI is InChI=1S/C18H13ClO2.C18H14O2/c19-17-13-16(20-14-7-3-1-4-8-14)11-12-18(17)21-15-9-5-2-6-10-15;1-3-7-15(8-4-1)19-17-11-13-18(14-12-17)20-16-9-5-2-6-10-16/h1-13H;1-14H. The predicted molar refractivity (Wildman–Crippen MR) is 164 cm³/mol. The summed E-state index contributed by atoms with van der Waals surface area (Å²) < 4.78 is 22.9. The topological polar surface area (TPSA) is 36.9 Å². The fourth-order valence-electron chi connectivity index (χ4n) is 3.69. The van der Waals surface area contributed by atoms with E-state index in [2.05, 4.69) is 0 Å². The third kappa shape index (κ3) is 8.65. The highest BCUT2D eigenvalue weighted by Gasteiger charge is 2.06. The summed E-state index contributed by atoms with van der Waals surface area (Å²) in [5, 5.41) is 0.507. The summed E-state index contributed by atoms with van der Waals surface area (Å²) in [5.74, 6) is 6.01. The lowest BCUT2D eigenvalue weighted by Crippen LogP contribution is -1.87. The molecule has 0 aliphatic heterocycles. The van der Waals surface area contributed by atoms with E-state index in [0.717, 1.165) is 34.5 Å². The SMILES string of the molecule is Clc1cc(Oc2ccccc2)ccc1Oc1ccccc1.c1ccc(Oc2ccc(Oc3ccccc3)cc2)cc1. The van der Waals surface area contributed by atoms with Crippen LogP contribution >= 0.6 is 11.6 Å². The number of hydrogen-bond donors (Lipinski definition) is 0. The maximum absolute atomic E-state index is 6.24. The number of para-hydroxylation sites is 4. The molecule has 0 spiro atoms. The van der Waals surface area contributed by atoms with Crippen molar-refractivity contribution in [2.45, 2.75) is 0 Å². The summed E-state index contributed by atoms with van der Waals surface area (Å²) in [6.45, 7) is 0. The highest BCUT2D eigenvalue weighted by Crippen LogP contribution is 2.34. The largest absolute Gasteiger partial charge is 0.457 e. The number of halogens is 1. The first-order chi connectivity index (χ1) is 20.2. The molecule has 0 fully saturated rings. The van der Waals surface area contributed by atoms with Crippen LogP contribution in [0, 0.1) is 0 Å². The quantitative estimate of drug-likeness (QED) is 0.186. The molecule has 0 saturated carbocycles. The summed E-state index contributed by atoms with van der Waals surface area (Å²) in [7, 11) is 0. The van der Waals surface area contributed by atoms with Gasteiger partial charge in [0.1, 0.15) is 46.0 Å². The van der Waals surface area contributed by atoms with Crippen molar-refractivity contribution in [2.75, 3.05) is 0 Å². The third-order valence-electron chi connectivity index (χ3n) is 5.63. The van der Waals surface area contributed by atoms with E-state index in [1.807, 2.05) is 152 Å². The molecule has 6 aromatic carbocycles. The van der Waals surface area contributed by atoms with Crippen LogP contribution < -0.4 is 18.9 Å². The molecule has 0 aliphatic carbocycles. The van der Waals surface area contributed by atoms with Crippen LogP contribution in [0.1, 0.15) is 0 Å². The molecule has 0 atom stereocenters. The molecule has 0 radical (unpaired) electrons. The summed E-state index contributed by atoms with van der Waals surface area (Å²) in [5.41, 5.74) is 0. The Hall–Kier alpha value is -5.19. The van der Waals surface area contributed by atoms with Gasteiger partial charge in [0.2, 0.25) is 0 Å². The molecule has 0 unspecified atom stereocenters. The van der Waals surface area contributed by atoms with Gasteiger partial charge in [-0.25, -0.2) is 0 Å². The van der Waals surface area contributed by atoms with Gasteiger partial charge in [-0.3, -0.25) is 0 Å². The Morgan fingerprint density at radius 1 is 0.293 bits per heavy atom. The van der Waals surface area contributed by atoms with Gasteiger partial charge in [-0.15, -0.1) is 0 Å². The van der Waals surface area contributed by atoms with Crippen molar-refractivity contribution in [1.29, 1.82) is 0 Å². The van der Waals surface area contributed by atoms with Gasteiger partial charge in [0.05, 0.1) is 5.02 Å². The lowest BCUT2D eigenvalue weighted by Gasteiger charge is -2.10. The van der Waals surface area contributed by atoms with Crippen LogP contribution in [-0.4, -0.2) is 0 Å². The molecule has 0 heterocycles. The molecule has 0 aliphatic rings. The normalized spacial score (nSPS) is 10.1. The molecule has 5 heteroatoms. The lowest BCUT2D eigenvalue weighted by atomic mass is 10.3. The average Bonchev–Trinajstić information content (AvgIpc) is 3.02.